The molecule has 2 N–H and O–H groups in total. The molecule has 2 amide bonds. The number of rotatable bonds is 10. The SMILES string of the molecule is CC1CCCC(C)N1CC(=O)NCCC(=O)NCCSCc1ccccn1. The van der Waals surface area contributed by atoms with E-state index in [1.807, 2.05) is 18.2 Å². The van der Waals surface area contributed by atoms with Crippen LogP contribution in [0.1, 0.15) is 45.2 Å². The van der Waals surface area contributed by atoms with E-state index in [4.69, 9.17) is 0 Å². The zero-order valence-electron chi connectivity index (χ0n) is 16.4. The Morgan fingerprint density at radius 1 is 1.15 bits per heavy atom. The number of aromatic nitrogens is 1. The summed E-state index contributed by atoms with van der Waals surface area (Å²) in [6.07, 6.45) is 5.65. The molecule has 1 aliphatic heterocycles. The van der Waals surface area contributed by atoms with Gasteiger partial charge in [0.1, 0.15) is 0 Å². The summed E-state index contributed by atoms with van der Waals surface area (Å²) in [4.78, 5) is 30.5. The highest BCUT2D eigenvalue weighted by atomic mass is 32.2. The van der Waals surface area contributed by atoms with Gasteiger partial charge in [-0.05, 0) is 38.8 Å². The molecule has 150 valence electrons. The Balaban J connectivity index is 1.50. The number of thioether (sulfide) groups is 1. The Morgan fingerprint density at radius 2 is 1.89 bits per heavy atom. The molecule has 1 aromatic rings. The van der Waals surface area contributed by atoms with Crippen LogP contribution >= 0.6 is 11.8 Å². The van der Waals surface area contributed by atoms with Crippen molar-refractivity contribution in [2.45, 2.75) is 57.4 Å². The van der Waals surface area contributed by atoms with Crippen LogP contribution in [-0.4, -0.2) is 59.2 Å². The lowest BCUT2D eigenvalue weighted by Crippen LogP contribution is -2.49. The van der Waals surface area contributed by atoms with Crippen molar-refractivity contribution in [2.24, 2.45) is 0 Å². The third-order valence-corrected chi connectivity index (χ3v) is 5.91. The fourth-order valence-corrected chi connectivity index (χ4v) is 4.11. The van der Waals surface area contributed by atoms with Gasteiger partial charge in [-0.3, -0.25) is 19.5 Å². The largest absolute Gasteiger partial charge is 0.355 e. The van der Waals surface area contributed by atoms with Crippen LogP contribution in [0, 0.1) is 0 Å². The van der Waals surface area contributed by atoms with Crippen LogP contribution in [0.15, 0.2) is 24.4 Å². The van der Waals surface area contributed by atoms with Crippen molar-refractivity contribution in [1.29, 1.82) is 0 Å². The average Bonchev–Trinajstić information content (AvgIpc) is 2.65. The lowest BCUT2D eigenvalue weighted by molar-refractivity contribution is -0.124. The number of amides is 2. The summed E-state index contributed by atoms with van der Waals surface area (Å²) in [7, 11) is 0. The molecule has 0 aromatic carbocycles. The average molecular weight is 393 g/mol. The fourth-order valence-electron chi connectivity index (χ4n) is 3.33. The highest BCUT2D eigenvalue weighted by Crippen LogP contribution is 2.21. The number of piperidine rings is 1. The van der Waals surface area contributed by atoms with Crippen LogP contribution in [0.25, 0.3) is 0 Å². The maximum absolute atomic E-state index is 12.1. The number of carbonyl (C=O) groups excluding carboxylic acids is 2. The number of likely N-dealkylation sites (tertiary alicyclic amines) is 1. The zero-order chi connectivity index (χ0) is 19.5. The molecule has 1 aliphatic rings. The van der Waals surface area contributed by atoms with E-state index >= 15 is 0 Å². The smallest absolute Gasteiger partial charge is 0.234 e. The Morgan fingerprint density at radius 3 is 2.59 bits per heavy atom. The Bertz CT molecular complexity index is 575. The predicted molar refractivity (Wildman–Crippen MR) is 111 cm³/mol. The number of pyridine rings is 1. The van der Waals surface area contributed by atoms with Gasteiger partial charge in [0.2, 0.25) is 11.8 Å². The molecular formula is C20H32N4O2S. The number of carbonyl (C=O) groups is 2. The Kier molecular flexibility index (Phi) is 9.62. The molecule has 0 bridgehead atoms. The molecule has 0 spiro atoms. The molecule has 1 aromatic heterocycles. The first-order valence-corrected chi connectivity index (χ1v) is 11.0. The van der Waals surface area contributed by atoms with Crippen molar-refractivity contribution in [3.63, 3.8) is 0 Å². The van der Waals surface area contributed by atoms with E-state index in [1.54, 1.807) is 18.0 Å². The van der Waals surface area contributed by atoms with E-state index in [0.717, 1.165) is 30.0 Å². The van der Waals surface area contributed by atoms with Crippen molar-refractivity contribution in [1.82, 2.24) is 20.5 Å². The van der Waals surface area contributed by atoms with Crippen molar-refractivity contribution >= 4 is 23.6 Å². The standard InChI is InChI=1S/C20H32N4O2S/c1-16-6-5-7-17(2)24(16)14-20(26)22-11-9-19(25)23-12-13-27-15-18-8-3-4-10-21-18/h3-4,8,10,16-17H,5-7,9,11-15H2,1-2H3,(H,22,26)(H,23,25). The van der Waals surface area contributed by atoms with Crippen LogP contribution in [0.5, 0.6) is 0 Å². The second-order valence-corrected chi connectivity index (χ2v) is 8.23. The lowest BCUT2D eigenvalue weighted by Gasteiger charge is -2.38. The summed E-state index contributed by atoms with van der Waals surface area (Å²) in [5.41, 5.74) is 1.05. The van der Waals surface area contributed by atoms with Crippen molar-refractivity contribution in [3.05, 3.63) is 30.1 Å². The van der Waals surface area contributed by atoms with Crippen LogP contribution in [0.2, 0.25) is 0 Å². The first kappa shape index (κ1) is 21.7. The third kappa shape index (κ3) is 8.30. The van der Waals surface area contributed by atoms with Crippen molar-refractivity contribution < 1.29 is 9.59 Å². The van der Waals surface area contributed by atoms with Gasteiger partial charge in [0.25, 0.3) is 0 Å². The summed E-state index contributed by atoms with van der Waals surface area (Å²) in [5.74, 6) is 1.68. The topological polar surface area (TPSA) is 74.3 Å². The van der Waals surface area contributed by atoms with Crippen LogP contribution in [-0.2, 0) is 15.3 Å². The van der Waals surface area contributed by atoms with Gasteiger partial charge < -0.3 is 10.6 Å². The van der Waals surface area contributed by atoms with E-state index in [-0.39, 0.29) is 11.8 Å². The van der Waals surface area contributed by atoms with Gasteiger partial charge in [0.05, 0.1) is 12.2 Å². The van der Waals surface area contributed by atoms with Gasteiger partial charge in [-0.25, -0.2) is 0 Å². The van der Waals surface area contributed by atoms with E-state index in [1.165, 1.54) is 6.42 Å². The fraction of sp³-hybridized carbons (Fsp3) is 0.650. The molecule has 0 radical (unpaired) electrons. The molecule has 2 rings (SSSR count). The normalized spacial score (nSPS) is 20.2. The molecule has 0 saturated carbocycles. The zero-order valence-corrected chi connectivity index (χ0v) is 17.3. The highest BCUT2D eigenvalue weighted by molar-refractivity contribution is 7.98. The second-order valence-electron chi connectivity index (χ2n) is 7.12. The summed E-state index contributed by atoms with van der Waals surface area (Å²) >= 11 is 1.74. The number of hydrogen-bond donors (Lipinski definition) is 2. The molecule has 2 heterocycles. The molecule has 1 saturated heterocycles. The Labute approximate surface area is 166 Å². The van der Waals surface area contributed by atoms with Gasteiger partial charge in [0, 0.05) is 49.3 Å². The van der Waals surface area contributed by atoms with Gasteiger partial charge in [0.15, 0.2) is 0 Å². The predicted octanol–water partition coefficient (Wildman–Crippen LogP) is 2.20. The summed E-state index contributed by atoms with van der Waals surface area (Å²) in [6.45, 7) is 5.81. The summed E-state index contributed by atoms with van der Waals surface area (Å²) < 4.78 is 0. The van der Waals surface area contributed by atoms with E-state index in [0.29, 0.717) is 38.1 Å². The first-order valence-electron chi connectivity index (χ1n) is 9.83. The van der Waals surface area contributed by atoms with Gasteiger partial charge in [-0.15, -0.1) is 0 Å². The van der Waals surface area contributed by atoms with E-state index in [9.17, 15) is 9.59 Å². The Hall–Kier alpha value is -1.60. The van der Waals surface area contributed by atoms with Crippen molar-refractivity contribution in [2.75, 3.05) is 25.4 Å². The molecule has 6 nitrogen and oxygen atoms in total. The molecule has 7 heteroatoms. The highest BCUT2D eigenvalue weighted by Gasteiger charge is 2.26. The quantitative estimate of drug-likeness (QED) is 0.597. The summed E-state index contributed by atoms with van der Waals surface area (Å²) in [5, 5.41) is 5.77. The molecule has 1 fully saturated rings. The van der Waals surface area contributed by atoms with Gasteiger partial charge >= 0.3 is 0 Å². The maximum Gasteiger partial charge on any atom is 0.234 e. The van der Waals surface area contributed by atoms with Gasteiger partial charge in [-0.1, -0.05) is 12.5 Å². The number of nitrogens with one attached hydrogen (secondary N) is 2. The molecule has 2 atom stereocenters. The second kappa shape index (κ2) is 12.0. The van der Waals surface area contributed by atoms with E-state index in [2.05, 4.69) is 34.4 Å². The third-order valence-electron chi connectivity index (χ3n) is 4.92. The van der Waals surface area contributed by atoms with Gasteiger partial charge in [-0.2, -0.15) is 11.8 Å². The minimum absolute atomic E-state index is 0.00863. The minimum atomic E-state index is -0.0200. The monoisotopic (exact) mass is 392 g/mol. The van der Waals surface area contributed by atoms with Crippen molar-refractivity contribution in [3.8, 4) is 0 Å². The molecule has 0 aliphatic carbocycles. The molecule has 27 heavy (non-hydrogen) atoms. The number of hydrogen-bond acceptors (Lipinski definition) is 5. The van der Waals surface area contributed by atoms with Crippen LogP contribution in [0.3, 0.4) is 0 Å². The first-order chi connectivity index (χ1) is 13.1. The molecule has 2 unspecified atom stereocenters. The molecular weight excluding hydrogens is 360 g/mol. The minimum Gasteiger partial charge on any atom is -0.355 e. The number of nitrogens with zero attached hydrogens (tertiary/aromatic N) is 2. The van der Waals surface area contributed by atoms with E-state index < -0.39 is 0 Å². The summed E-state index contributed by atoms with van der Waals surface area (Å²) in [6, 6.07) is 6.78. The van der Waals surface area contributed by atoms with Crippen LogP contribution < -0.4 is 10.6 Å². The lowest BCUT2D eigenvalue weighted by atomic mass is 9.97. The van der Waals surface area contributed by atoms with Crippen LogP contribution in [0.4, 0.5) is 0 Å². The maximum atomic E-state index is 12.1.